The van der Waals surface area contributed by atoms with E-state index in [2.05, 4.69) is 9.89 Å². The van der Waals surface area contributed by atoms with Gasteiger partial charge in [0.15, 0.2) is 0 Å². The van der Waals surface area contributed by atoms with Gasteiger partial charge in [0.25, 0.3) is 0 Å². The zero-order valence-electron chi connectivity index (χ0n) is 11.1. The van der Waals surface area contributed by atoms with Crippen molar-refractivity contribution >= 4 is 15.1 Å². The van der Waals surface area contributed by atoms with Crippen molar-refractivity contribution in [3.8, 4) is 0 Å². The van der Waals surface area contributed by atoms with Crippen molar-refractivity contribution in [1.29, 1.82) is 0 Å². The first-order valence-corrected chi connectivity index (χ1v) is 8.35. The summed E-state index contributed by atoms with van der Waals surface area (Å²) in [6.07, 6.45) is 1.91. The van der Waals surface area contributed by atoms with Gasteiger partial charge in [-0.2, -0.15) is 0 Å². The molecular weight excluding hydrogens is 236 g/mol. The molecule has 1 rings (SSSR count). The molecule has 0 aromatic rings. The smallest absolute Gasteiger partial charge is 0.374 e. The molecule has 5 nitrogen and oxygen atoms in total. The van der Waals surface area contributed by atoms with Crippen LogP contribution in [-0.4, -0.2) is 59.5 Å². The highest BCUT2D eigenvalue weighted by atomic mass is 28.4. The molecular formula is C11H24N2O3Si. The lowest BCUT2D eigenvalue weighted by Gasteiger charge is -2.29. The zero-order chi connectivity index (χ0) is 12.6. The Morgan fingerprint density at radius 2 is 1.71 bits per heavy atom. The Bertz CT molecular complexity index is 222. The molecule has 0 atom stereocenters. The average Bonchev–Trinajstić information content (AvgIpc) is 2.80. The molecule has 0 spiro atoms. The topological polar surface area (TPSA) is 43.3 Å². The van der Waals surface area contributed by atoms with Crippen LogP contribution in [-0.2, 0) is 13.3 Å². The van der Waals surface area contributed by atoms with Gasteiger partial charge in [0.2, 0.25) is 0 Å². The minimum Gasteiger partial charge on any atom is -0.374 e. The Morgan fingerprint density at radius 1 is 1.12 bits per heavy atom. The number of nitrogens with zero attached hydrogens (tertiary/aromatic N) is 2. The maximum absolute atomic E-state index is 5.79. The van der Waals surface area contributed by atoms with Gasteiger partial charge in [-0.25, -0.2) is 0 Å². The molecule has 100 valence electrons. The largest absolute Gasteiger partial charge is 0.502 e. The molecule has 0 saturated carbocycles. The van der Waals surface area contributed by atoms with E-state index in [9.17, 15) is 0 Å². The summed E-state index contributed by atoms with van der Waals surface area (Å²) in [5.74, 6) is 0. The van der Waals surface area contributed by atoms with Crippen molar-refractivity contribution < 1.29 is 13.3 Å². The minimum absolute atomic E-state index is 0.639. The molecule has 0 aliphatic carbocycles. The molecule has 0 fully saturated rings. The summed E-state index contributed by atoms with van der Waals surface area (Å²) in [5.41, 5.74) is 0. The van der Waals surface area contributed by atoms with E-state index in [4.69, 9.17) is 13.3 Å². The van der Waals surface area contributed by atoms with Crippen molar-refractivity contribution in [2.45, 2.75) is 26.8 Å². The van der Waals surface area contributed by atoms with Crippen molar-refractivity contribution in [3.05, 3.63) is 0 Å². The van der Waals surface area contributed by atoms with Crippen LogP contribution in [0.2, 0.25) is 6.04 Å². The molecule has 0 radical (unpaired) electrons. The molecule has 1 heterocycles. The fourth-order valence-electron chi connectivity index (χ4n) is 1.87. The molecule has 0 bridgehead atoms. The van der Waals surface area contributed by atoms with Gasteiger partial charge in [-0.1, -0.05) is 0 Å². The number of hydrogen-bond donors (Lipinski definition) is 0. The van der Waals surface area contributed by atoms with E-state index in [0.29, 0.717) is 19.8 Å². The molecule has 0 aromatic carbocycles. The number of rotatable bonds is 9. The van der Waals surface area contributed by atoms with Gasteiger partial charge in [0.05, 0.1) is 12.9 Å². The van der Waals surface area contributed by atoms with Gasteiger partial charge in [0, 0.05) is 39.0 Å². The van der Waals surface area contributed by atoms with Crippen molar-refractivity contribution in [1.82, 2.24) is 4.90 Å². The maximum Gasteiger partial charge on any atom is 0.502 e. The molecule has 0 N–H and O–H groups in total. The molecule has 17 heavy (non-hydrogen) atoms. The lowest BCUT2D eigenvalue weighted by Crippen LogP contribution is -2.48. The Balaban J connectivity index is 2.49. The molecule has 6 heteroatoms. The Kier molecular flexibility index (Phi) is 6.72. The molecule has 1 aliphatic heterocycles. The van der Waals surface area contributed by atoms with Gasteiger partial charge in [-0.15, -0.1) is 0 Å². The van der Waals surface area contributed by atoms with Gasteiger partial charge >= 0.3 is 8.80 Å². The molecule has 0 unspecified atom stereocenters. The van der Waals surface area contributed by atoms with E-state index in [0.717, 1.165) is 25.7 Å². The van der Waals surface area contributed by atoms with Crippen LogP contribution in [0.5, 0.6) is 0 Å². The second-order valence-corrected chi connectivity index (χ2v) is 6.52. The number of hydrogen-bond acceptors (Lipinski definition) is 5. The van der Waals surface area contributed by atoms with Gasteiger partial charge < -0.3 is 18.2 Å². The van der Waals surface area contributed by atoms with Gasteiger partial charge in [-0.05, 0) is 20.8 Å². The van der Waals surface area contributed by atoms with Crippen molar-refractivity contribution in [2.24, 2.45) is 4.99 Å². The minimum atomic E-state index is -2.47. The second kappa shape index (κ2) is 7.81. The van der Waals surface area contributed by atoms with Crippen LogP contribution in [0, 0.1) is 0 Å². The monoisotopic (exact) mass is 260 g/mol. The summed E-state index contributed by atoms with van der Waals surface area (Å²) in [5, 5.41) is 0. The highest BCUT2D eigenvalue weighted by Crippen LogP contribution is 2.16. The zero-order valence-corrected chi connectivity index (χ0v) is 12.1. The fourth-order valence-corrected chi connectivity index (χ4v) is 4.43. The Labute approximate surface area is 105 Å². The van der Waals surface area contributed by atoms with Crippen LogP contribution in [0.1, 0.15) is 20.8 Å². The van der Waals surface area contributed by atoms with Gasteiger partial charge in [-0.3, -0.25) is 4.99 Å². The average molecular weight is 260 g/mol. The van der Waals surface area contributed by atoms with E-state index in [1.165, 1.54) is 0 Å². The van der Waals surface area contributed by atoms with Gasteiger partial charge in [0.1, 0.15) is 0 Å². The van der Waals surface area contributed by atoms with Crippen molar-refractivity contribution in [3.63, 3.8) is 0 Å². The third-order valence-corrected chi connectivity index (χ3v) is 5.58. The lowest BCUT2D eigenvalue weighted by atomic mass is 10.6. The number of aliphatic imine (C=N–C) groups is 1. The second-order valence-electron chi connectivity index (χ2n) is 3.79. The normalized spacial score (nSPS) is 15.8. The van der Waals surface area contributed by atoms with Crippen LogP contribution in [0.15, 0.2) is 4.99 Å². The summed E-state index contributed by atoms with van der Waals surface area (Å²) in [4.78, 5) is 6.39. The summed E-state index contributed by atoms with van der Waals surface area (Å²) >= 11 is 0. The van der Waals surface area contributed by atoms with E-state index >= 15 is 0 Å². The quantitative estimate of drug-likeness (QED) is 0.587. The van der Waals surface area contributed by atoms with Crippen LogP contribution < -0.4 is 0 Å². The van der Waals surface area contributed by atoms with Crippen LogP contribution in [0.4, 0.5) is 0 Å². The summed E-state index contributed by atoms with van der Waals surface area (Å²) in [7, 11) is -2.47. The van der Waals surface area contributed by atoms with E-state index < -0.39 is 8.80 Å². The third-order valence-electron chi connectivity index (χ3n) is 2.56. The SMILES string of the molecule is CCO[Si](CCN1C=NCC1)(OCC)OCC. The highest BCUT2D eigenvalue weighted by molar-refractivity contribution is 6.60. The first-order valence-electron chi connectivity index (χ1n) is 6.42. The standard InChI is InChI=1S/C11H24N2O3Si/c1-4-14-17(15-5-2,16-6-3)10-9-13-8-7-12-11-13/h11H,4-10H2,1-3H3. The first kappa shape index (κ1) is 14.6. The van der Waals surface area contributed by atoms with Crippen LogP contribution in [0.25, 0.3) is 0 Å². The molecule has 0 saturated heterocycles. The lowest BCUT2D eigenvalue weighted by molar-refractivity contribution is 0.0701. The van der Waals surface area contributed by atoms with E-state index in [1.807, 2.05) is 27.1 Å². The van der Waals surface area contributed by atoms with E-state index in [-0.39, 0.29) is 0 Å². The summed E-state index contributed by atoms with van der Waals surface area (Å²) < 4.78 is 17.4. The maximum atomic E-state index is 5.79. The van der Waals surface area contributed by atoms with E-state index in [1.54, 1.807) is 0 Å². The first-order chi connectivity index (χ1) is 8.26. The van der Waals surface area contributed by atoms with Crippen LogP contribution >= 0.6 is 0 Å². The van der Waals surface area contributed by atoms with Crippen LogP contribution in [0.3, 0.4) is 0 Å². The predicted octanol–water partition coefficient (Wildman–Crippen LogP) is 1.38. The molecule has 0 amide bonds. The fraction of sp³-hybridized carbons (Fsp3) is 0.909. The Morgan fingerprint density at radius 3 is 2.12 bits per heavy atom. The summed E-state index contributed by atoms with van der Waals surface area (Å²) in [6, 6.07) is 0.828. The molecule has 1 aliphatic rings. The third kappa shape index (κ3) is 4.75. The Hall–Kier alpha value is -0.433. The predicted molar refractivity (Wildman–Crippen MR) is 70.4 cm³/mol. The highest BCUT2D eigenvalue weighted by Gasteiger charge is 2.40. The summed E-state index contributed by atoms with van der Waals surface area (Å²) in [6.45, 7) is 10.7. The molecule has 0 aromatic heterocycles. The van der Waals surface area contributed by atoms with Crippen molar-refractivity contribution in [2.75, 3.05) is 39.5 Å².